The summed E-state index contributed by atoms with van der Waals surface area (Å²) in [5.74, 6) is 0.807. The standard InChI is InChI=1S/C16H15N3O2/c1-2-6-15-14(5-1)18-16(21-15)19-9-7-13(11-19)20-12-4-3-8-17-10-12/h1-6,8,10,13H,7,9,11H2. The Hall–Kier alpha value is -2.56. The molecule has 1 fully saturated rings. The summed E-state index contributed by atoms with van der Waals surface area (Å²) in [6.45, 7) is 1.67. The summed E-state index contributed by atoms with van der Waals surface area (Å²) in [4.78, 5) is 10.7. The van der Waals surface area contributed by atoms with E-state index in [9.17, 15) is 0 Å². The van der Waals surface area contributed by atoms with E-state index in [1.165, 1.54) is 0 Å². The first-order valence-electron chi connectivity index (χ1n) is 7.06. The zero-order valence-electron chi connectivity index (χ0n) is 11.5. The van der Waals surface area contributed by atoms with E-state index in [2.05, 4.69) is 14.9 Å². The number of fused-ring (bicyclic) bond motifs is 1. The predicted octanol–water partition coefficient (Wildman–Crippen LogP) is 2.88. The monoisotopic (exact) mass is 281 g/mol. The fraction of sp³-hybridized carbons (Fsp3) is 0.250. The predicted molar refractivity (Wildman–Crippen MR) is 79.5 cm³/mol. The second-order valence-corrected chi connectivity index (χ2v) is 5.13. The van der Waals surface area contributed by atoms with Gasteiger partial charge in [0.25, 0.3) is 6.01 Å². The molecule has 2 aromatic heterocycles. The van der Waals surface area contributed by atoms with Crippen molar-refractivity contribution in [3.63, 3.8) is 0 Å². The molecule has 1 unspecified atom stereocenters. The average Bonchev–Trinajstić information content (AvgIpc) is 3.14. The molecule has 0 aliphatic carbocycles. The molecule has 1 aliphatic rings. The van der Waals surface area contributed by atoms with E-state index in [0.29, 0.717) is 6.01 Å². The molecule has 5 heteroatoms. The molecule has 0 amide bonds. The highest BCUT2D eigenvalue weighted by molar-refractivity contribution is 5.74. The van der Waals surface area contributed by atoms with Crippen LogP contribution in [0.1, 0.15) is 6.42 Å². The van der Waals surface area contributed by atoms with Gasteiger partial charge in [0.2, 0.25) is 0 Å². The molecule has 0 bridgehead atoms. The van der Waals surface area contributed by atoms with Crippen molar-refractivity contribution in [2.45, 2.75) is 12.5 Å². The van der Waals surface area contributed by atoms with Crippen molar-refractivity contribution in [1.29, 1.82) is 0 Å². The Kier molecular flexibility index (Phi) is 2.96. The minimum Gasteiger partial charge on any atom is -0.487 e. The normalized spacial score (nSPS) is 18.3. The molecule has 3 heterocycles. The van der Waals surface area contributed by atoms with Gasteiger partial charge in [-0.05, 0) is 24.3 Å². The maximum Gasteiger partial charge on any atom is 0.298 e. The topological polar surface area (TPSA) is 51.4 Å². The Morgan fingerprint density at radius 2 is 2.14 bits per heavy atom. The molecular formula is C16H15N3O2. The lowest BCUT2D eigenvalue weighted by molar-refractivity contribution is 0.223. The number of ether oxygens (including phenoxy) is 1. The van der Waals surface area contributed by atoms with E-state index < -0.39 is 0 Å². The third-order valence-corrected chi connectivity index (χ3v) is 3.64. The highest BCUT2D eigenvalue weighted by Gasteiger charge is 2.27. The largest absolute Gasteiger partial charge is 0.487 e. The molecule has 0 radical (unpaired) electrons. The van der Waals surface area contributed by atoms with Crippen LogP contribution in [-0.4, -0.2) is 29.2 Å². The molecule has 21 heavy (non-hydrogen) atoms. The first-order valence-corrected chi connectivity index (χ1v) is 7.06. The zero-order chi connectivity index (χ0) is 14.1. The van der Waals surface area contributed by atoms with Crippen molar-refractivity contribution in [2.24, 2.45) is 0 Å². The number of anilines is 1. The Balaban J connectivity index is 1.48. The first kappa shape index (κ1) is 12.2. The Morgan fingerprint density at radius 3 is 3.00 bits per heavy atom. The van der Waals surface area contributed by atoms with Gasteiger partial charge in [0.1, 0.15) is 17.4 Å². The van der Waals surface area contributed by atoms with Gasteiger partial charge in [-0.15, -0.1) is 0 Å². The third kappa shape index (κ3) is 2.42. The van der Waals surface area contributed by atoms with Crippen LogP contribution in [0.25, 0.3) is 11.1 Å². The minimum atomic E-state index is 0.143. The number of rotatable bonds is 3. The summed E-state index contributed by atoms with van der Waals surface area (Å²) < 4.78 is 11.7. The second kappa shape index (κ2) is 5.09. The van der Waals surface area contributed by atoms with Crippen LogP contribution in [0.5, 0.6) is 5.75 Å². The van der Waals surface area contributed by atoms with Crippen LogP contribution in [0.15, 0.2) is 53.2 Å². The van der Waals surface area contributed by atoms with Gasteiger partial charge in [-0.3, -0.25) is 4.98 Å². The van der Waals surface area contributed by atoms with Gasteiger partial charge in [-0.2, -0.15) is 4.98 Å². The molecule has 0 N–H and O–H groups in total. The first-order chi connectivity index (χ1) is 10.4. The SMILES string of the molecule is c1cncc(OC2CCN(c3nc4ccccc4o3)C2)c1. The van der Waals surface area contributed by atoms with Gasteiger partial charge >= 0.3 is 0 Å². The van der Waals surface area contributed by atoms with Crippen molar-refractivity contribution < 1.29 is 9.15 Å². The van der Waals surface area contributed by atoms with Crippen LogP contribution in [0, 0.1) is 0 Å². The number of benzene rings is 1. The highest BCUT2D eigenvalue weighted by atomic mass is 16.5. The van der Waals surface area contributed by atoms with Gasteiger partial charge in [0, 0.05) is 19.2 Å². The Labute approximate surface area is 122 Å². The fourth-order valence-corrected chi connectivity index (χ4v) is 2.60. The van der Waals surface area contributed by atoms with Crippen LogP contribution in [0.2, 0.25) is 0 Å². The van der Waals surface area contributed by atoms with Gasteiger partial charge < -0.3 is 14.1 Å². The van der Waals surface area contributed by atoms with Gasteiger partial charge in [0.15, 0.2) is 5.58 Å². The summed E-state index contributed by atoms with van der Waals surface area (Å²) in [5, 5.41) is 0. The molecule has 1 aliphatic heterocycles. The van der Waals surface area contributed by atoms with E-state index in [4.69, 9.17) is 9.15 Å². The van der Waals surface area contributed by atoms with E-state index in [0.717, 1.165) is 36.4 Å². The van der Waals surface area contributed by atoms with Crippen molar-refractivity contribution in [3.05, 3.63) is 48.8 Å². The summed E-state index contributed by atoms with van der Waals surface area (Å²) in [6.07, 6.45) is 4.58. The molecule has 1 aromatic carbocycles. The lowest BCUT2D eigenvalue weighted by Crippen LogP contribution is -2.24. The summed E-state index contributed by atoms with van der Waals surface area (Å²) >= 11 is 0. The molecule has 3 aromatic rings. The van der Waals surface area contributed by atoms with Gasteiger partial charge in [-0.25, -0.2) is 0 Å². The summed E-state index contributed by atoms with van der Waals surface area (Å²) in [5.41, 5.74) is 1.72. The van der Waals surface area contributed by atoms with E-state index >= 15 is 0 Å². The van der Waals surface area contributed by atoms with E-state index in [1.807, 2.05) is 36.4 Å². The Bertz CT molecular complexity index is 708. The van der Waals surface area contributed by atoms with Crippen LogP contribution >= 0.6 is 0 Å². The molecule has 0 spiro atoms. The minimum absolute atomic E-state index is 0.143. The number of hydrogen-bond acceptors (Lipinski definition) is 5. The van der Waals surface area contributed by atoms with Crippen molar-refractivity contribution >= 4 is 17.1 Å². The van der Waals surface area contributed by atoms with Crippen molar-refractivity contribution in [3.8, 4) is 5.75 Å². The fourth-order valence-electron chi connectivity index (χ4n) is 2.60. The van der Waals surface area contributed by atoms with E-state index in [1.54, 1.807) is 12.4 Å². The molecule has 4 rings (SSSR count). The number of pyridine rings is 1. The molecule has 0 saturated carbocycles. The number of aromatic nitrogens is 2. The number of oxazole rings is 1. The zero-order valence-corrected chi connectivity index (χ0v) is 11.5. The molecule has 106 valence electrons. The van der Waals surface area contributed by atoms with Crippen LogP contribution in [0.4, 0.5) is 6.01 Å². The highest BCUT2D eigenvalue weighted by Crippen LogP contribution is 2.26. The molecular weight excluding hydrogens is 266 g/mol. The van der Waals surface area contributed by atoms with Crippen LogP contribution in [-0.2, 0) is 0 Å². The van der Waals surface area contributed by atoms with Gasteiger partial charge in [-0.1, -0.05) is 12.1 Å². The quantitative estimate of drug-likeness (QED) is 0.739. The van der Waals surface area contributed by atoms with Crippen LogP contribution < -0.4 is 9.64 Å². The van der Waals surface area contributed by atoms with Gasteiger partial charge in [0.05, 0.1) is 12.7 Å². The number of nitrogens with zero attached hydrogens (tertiary/aromatic N) is 3. The summed E-state index contributed by atoms with van der Waals surface area (Å²) in [7, 11) is 0. The van der Waals surface area contributed by atoms with Crippen molar-refractivity contribution in [1.82, 2.24) is 9.97 Å². The number of hydrogen-bond donors (Lipinski definition) is 0. The lowest BCUT2D eigenvalue weighted by atomic mass is 10.3. The summed E-state index contributed by atoms with van der Waals surface area (Å²) in [6, 6.07) is 12.3. The van der Waals surface area contributed by atoms with Crippen LogP contribution in [0.3, 0.4) is 0 Å². The smallest absolute Gasteiger partial charge is 0.298 e. The van der Waals surface area contributed by atoms with Crippen molar-refractivity contribution in [2.75, 3.05) is 18.0 Å². The maximum atomic E-state index is 5.93. The third-order valence-electron chi connectivity index (χ3n) is 3.64. The molecule has 1 saturated heterocycles. The maximum absolute atomic E-state index is 5.93. The Morgan fingerprint density at radius 1 is 1.19 bits per heavy atom. The second-order valence-electron chi connectivity index (χ2n) is 5.13. The van der Waals surface area contributed by atoms with E-state index in [-0.39, 0.29) is 6.10 Å². The average molecular weight is 281 g/mol. The molecule has 5 nitrogen and oxygen atoms in total. The molecule has 1 atom stereocenters. The lowest BCUT2D eigenvalue weighted by Gasteiger charge is -2.14. The number of para-hydroxylation sites is 2.